The SMILES string of the molecule is Cc1cccc(C(=O)OCC(=O)N[C@@H]2CCC[C@H](C)[C@@H]2C)c1C. The van der Waals surface area contributed by atoms with Gasteiger partial charge in [0.2, 0.25) is 0 Å². The van der Waals surface area contributed by atoms with E-state index in [-0.39, 0.29) is 18.6 Å². The number of ether oxygens (including phenoxy) is 1. The second-order valence-corrected chi connectivity index (χ2v) is 6.76. The third kappa shape index (κ3) is 4.34. The summed E-state index contributed by atoms with van der Waals surface area (Å²) < 4.78 is 5.18. The summed E-state index contributed by atoms with van der Waals surface area (Å²) in [6, 6.07) is 5.69. The number of rotatable bonds is 4. The van der Waals surface area contributed by atoms with Crippen LogP contribution in [0.4, 0.5) is 0 Å². The van der Waals surface area contributed by atoms with Crippen LogP contribution in [0.25, 0.3) is 0 Å². The number of amides is 1. The van der Waals surface area contributed by atoms with Crippen LogP contribution in [0, 0.1) is 25.7 Å². The van der Waals surface area contributed by atoms with Gasteiger partial charge in [0.15, 0.2) is 6.61 Å². The molecule has 0 aromatic heterocycles. The molecule has 0 unspecified atom stereocenters. The molecule has 1 aromatic carbocycles. The maximum Gasteiger partial charge on any atom is 0.338 e. The molecular formula is C19H27NO3. The summed E-state index contributed by atoms with van der Waals surface area (Å²) in [5.41, 5.74) is 2.46. The van der Waals surface area contributed by atoms with Crippen molar-refractivity contribution in [3.05, 3.63) is 34.9 Å². The molecule has 1 amide bonds. The van der Waals surface area contributed by atoms with Gasteiger partial charge in [-0.2, -0.15) is 0 Å². The molecule has 0 radical (unpaired) electrons. The second-order valence-electron chi connectivity index (χ2n) is 6.76. The topological polar surface area (TPSA) is 55.4 Å². The minimum atomic E-state index is -0.439. The summed E-state index contributed by atoms with van der Waals surface area (Å²) in [7, 11) is 0. The Morgan fingerprint density at radius 1 is 1.22 bits per heavy atom. The fourth-order valence-corrected chi connectivity index (χ4v) is 3.22. The van der Waals surface area contributed by atoms with Gasteiger partial charge < -0.3 is 10.1 Å². The van der Waals surface area contributed by atoms with E-state index in [2.05, 4.69) is 19.2 Å². The third-order valence-corrected chi connectivity index (χ3v) is 5.21. The summed E-state index contributed by atoms with van der Waals surface area (Å²) >= 11 is 0. The zero-order chi connectivity index (χ0) is 17.0. The van der Waals surface area contributed by atoms with Crippen molar-refractivity contribution in [3.8, 4) is 0 Å². The van der Waals surface area contributed by atoms with Gasteiger partial charge in [-0.1, -0.05) is 38.8 Å². The predicted octanol–water partition coefficient (Wildman–Crippen LogP) is 3.40. The first kappa shape index (κ1) is 17.5. The van der Waals surface area contributed by atoms with Crippen molar-refractivity contribution in [1.82, 2.24) is 5.32 Å². The van der Waals surface area contributed by atoms with E-state index >= 15 is 0 Å². The average molecular weight is 317 g/mol. The van der Waals surface area contributed by atoms with Crippen LogP contribution in [-0.4, -0.2) is 24.5 Å². The minimum Gasteiger partial charge on any atom is -0.452 e. The monoisotopic (exact) mass is 317 g/mol. The number of carbonyl (C=O) groups excluding carboxylic acids is 2. The van der Waals surface area contributed by atoms with E-state index in [0.29, 0.717) is 17.4 Å². The molecule has 23 heavy (non-hydrogen) atoms. The summed E-state index contributed by atoms with van der Waals surface area (Å²) in [5, 5.41) is 3.02. The first-order chi connectivity index (χ1) is 10.9. The van der Waals surface area contributed by atoms with Gasteiger partial charge in [0.05, 0.1) is 5.56 Å². The second kappa shape index (κ2) is 7.62. The van der Waals surface area contributed by atoms with Gasteiger partial charge in [-0.25, -0.2) is 4.79 Å². The number of benzene rings is 1. The number of hydrogen-bond donors (Lipinski definition) is 1. The number of hydrogen-bond acceptors (Lipinski definition) is 3. The Morgan fingerprint density at radius 3 is 2.70 bits per heavy atom. The van der Waals surface area contributed by atoms with E-state index in [9.17, 15) is 9.59 Å². The molecular weight excluding hydrogens is 290 g/mol. The lowest BCUT2D eigenvalue weighted by molar-refractivity contribution is -0.125. The largest absolute Gasteiger partial charge is 0.452 e. The molecule has 0 saturated heterocycles. The summed E-state index contributed by atoms with van der Waals surface area (Å²) in [5.74, 6) is 0.426. The van der Waals surface area contributed by atoms with Crippen LogP contribution in [0.1, 0.15) is 54.6 Å². The molecule has 1 saturated carbocycles. The highest BCUT2D eigenvalue weighted by molar-refractivity contribution is 5.93. The predicted molar refractivity (Wildman–Crippen MR) is 90.3 cm³/mol. The van der Waals surface area contributed by atoms with Gasteiger partial charge in [0.1, 0.15) is 0 Å². The van der Waals surface area contributed by atoms with Gasteiger partial charge in [0.25, 0.3) is 5.91 Å². The number of esters is 1. The Labute approximate surface area is 138 Å². The van der Waals surface area contributed by atoms with Gasteiger partial charge in [-0.3, -0.25) is 4.79 Å². The summed E-state index contributed by atoms with van der Waals surface area (Å²) in [6.45, 7) is 8.02. The molecule has 4 nitrogen and oxygen atoms in total. The standard InChI is InChI=1S/C19H27NO3/c1-12-7-5-9-16(14(12)3)19(22)23-11-18(21)20-17-10-6-8-13(2)15(17)4/h5,7,9,13,15,17H,6,8,10-11H2,1-4H3,(H,20,21)/t13-,15-,17+/m0/s1. The molecule has 0 spiro atoms. The maximum absolute atomic E-state index is 12.1. The third-order valence-electron chi connectivity index (χ3n) is 5.21. The lowest BCUT2D eigenvalue weighted by atomic mass is 9.78. The molecule has 4 heteroatoms. The molecule has 1 aliphatic carbocycles. The molecule has 0 aliphatic heterocycles. The van der Waals surface area contributed by atoms with Gasteiger partial charge >= 0.3 is 5.97 Å². The summed E-state index contributed by atoms with van der Waals surface area (Å²) in [6.07, 6.45) is 3.36. The zero-order valence-electron chi connectivity index (χ0n) is 14.5. The number of aryl methyl sites for hydroxylation is 1. The van der Waals surface area contributed by atoms with Crippen LogP contribution in [0.5, 0.6) is 0 Å². The fraction of sp³-hybridized carbons (Fsp3) is 0.579. The molecule has 0 bridgehead atoms. The number of nitrogens with one attached hydrogen (secondary N) is 1. The van der Waals surface area contributed by atoms with E-state index in [1.165, 1.54) is 6.42 Å². The molecule has 3 atom stereocenters. The van der Waals surface area contributed by atoms with Gasteiger partial charge in [-0.05, 0) is 49.3 Å². The Kier molecular flexibility index (Phi) is 5.80. The van der Waals surface area contributed by atoms with Crippen LogP contribution < -0.4 is 5.32 Å². The average Bonchev–Trinajstić information content (AvgIpc) is 2.52. The molecule has 126 valence electrons. The Balaban J connectivity index is 1.86. The van der Waals surface area contributed by atoms with Crippen molar-refractivity contribution < 1.29 is 14.3 Å². The normalized spacial score (nSPS) is 24.1. The molecule has 1 aliphatic rings. The molecule has 1 N–H and O–H groups in total. The van der Waals surface area contributed by atoms with Crippen molar-refractivity contribution in [3.63, 3.8) is 0 Å². The van der Waals surface area contributed by atoms with Crippen molar-refractivity contribution >= 4 is 11.9 Å². The highest BCUT2D eigenvalue weighted by atomic mass is 16.5. The van der Waals surface area contributed by atoms with Crippen molar-refractivity contribution in [2.75, 3.05) is 6.61 Å². The number of carbonyl (C=O) groups is 2. The first-order valence-electron chi connectivity index (χ1n) is 8.43. The highest BCUT2D eigenvalue weighted by Gasteiger charge is 2.28. The molecule has 1 aromatic rings. The molecule has 0 heterocycles. The van der Waals surface area contributed by atoms with Crippen LogP contribution in [-0.2, 0) is 9.53 Å². The van der Waals surface area contributed by atoms with Crippen molar-refractivity contribution in [2.24, 2.45) is 11.8 Å². The first-order valence-corrected chi connectivity index (χ1v) is 8.43. The fourth-order valence-electron chi connectivity index (χ4n) is 3.22. The van der Waals surface area contributed by atoms with Crippen molar-refractivity contribution in [2.45, 2.75) is 53.0 Å². The highest BCUT2D eigenvalue weighted by Crippen LogP contribution is 2.29. The van der Waals surface area contributed by atoms with E-state index < -0.39 is 5.97 Å². The van der Waals surface area contributed by atoms with E-state index in [4.69, 9.17) is 4.74 Å². The van der Waals surface area contributed by atoms with E-state index in [1.54, 1.807) is 6.07 Å². The quantitative estimate of drug-likeness (QED) is 0.866. The van der Waals surface area contributed by atoms with Crippen LogP contribution in [0.3, 0.4) is 0 Å². The van der Waals surface area contributed by atoms with E-state index in [0.717, 1.165) is 24.0 Å². The maximum atomic E-state index is 12.1. The lowest BCUT2D eigenvalue weighted by Crippen LogP contribution is -2.45. The van der Waals surface area contributed by atoms with E-state index in [1.807, 2.05) is 26.0 Å². The Hall–Kier alpha value is -1.84. The summed E-state index contributed by atoms with van der Waals surface area (Å²) in [4.78, 5) is 24.2. The molecule has 1 fully saturated rings. The van der Waals surface area contributed by atoms with Crippen LogP contribution in [0.15, 0.2) is 18.2 Å². The minimum absolute atomic E-state index is 0.186. The smallest absolute Gasteiger partial charge is 0.338 e. The Bertz CT molecular complexity index is 582. The lowest BCUT2D eigenvalue weighted by Gasteiger charge is -2.34. The van der Waals surface area contributed by atoms with Gasteiger partial charge in [-0.15, -0.1) is 0 Å². The molecule has 2 rings (SSSR count). The van der Waals surface area contributed by atoms with Crippen LogP contribution >= 0.6 is 0 Å². The Morgan fingerprint density at radius 2 is 1.96 bits per heavy atom. The van der Waals surface area contributed by atoms with Crippen LogP contribution in [0.2, 0.25) is 0 Å². The van der Waals surface area contributed by atoms with Crippen molar-refractivity contribution in [1.29, 1.82) is 0 Å². The van der Waals surface area contributed by atoms with Gasteiger partial charge in [0, 0.05) is 6.04 Å². The zero-order valence-corrected chi connectivity index (χ0v) is 14.5.